The smallest absolute Gasteiger partial charge is 0.119 e. The number of ether oxygens (including phenoxy) is 2. The Hall–Kier alpha value is -3.68. The van der Waals surface area contributed by atoms with Gasteiger partial charge in [0.15, 0.2) is 0 Å². The fourth-order valence-corrected chi connectivity index (χ4v) is 7.49. The second kappa shape index (κ2) is 17.6. The summed E-state index contributed by atoms with van der Waals surface area (Å²) in [4.78, 5) is 5.30. The summed E-state index contributed by atoms with van der Waals surface area (Å²) in [5, 5.41) is 0. The van der Waals surface area contributed by atoms with Crippen LogP contribution >= 0.6 is 0 Å². The second-order valence-electron chi connectivity index (χ2n) is 13.8. The maximum Gasteiger partial charge on any atom is 0.119 e. The Morgan fingerprint density at radius 3 is 1.23 bits per heavy atom. The summed E-state index contributed by atoms with van der Waals surface area (Å²) in [5.74, 6) is 3.55. The number of hydrogen-bond acceptors (Lipinski definition) is 6. The Balaban J connectivity index is 0.893. The van der Waals surface area contributed by atoms with Gasteiger partial charge in [0.2, 0.25) is 0 Å². The molecule has 0 radical (unpaired) electrons. The molecule has 0 amide bonds. The minimum Gasteiger partial charge on any atom is -0.489 e. The molecule has 2 aliphatic heterocycles. The predicted molar refractivity (Wildman–Crippen MR) is 196 cm³/mol. The van der Waals surface area contributed by atoms with Crippen LogP contribution in [0.4, 0.5) is 0 Å². The highest BCUT2D eigenvalue weighted by Crippen LogP contribution is 2.33. The van der Waals surface area contributed by atoms with Gasteiger partial charge >= 0.3 is 0 Å². The van der Waals surface area contributed by atoms with Gasteiger partial charge < -0.3 is 20.9 Å². The normalized spacial score (nSPS) is 16.6. The van der Waals surface area contributed by atoms with Crippen molar-refractivity contribution in [3.05, 3.63) is 130 Å². The van der Waals surface area contributed by atoms with Gasteiger partial charge in [0.1, 0.15) is 24.7 Å². The Morgan fingerprint density at radius 1 is 0.479 bits per heavy atom. The first kappa shape index (κ1) is 34.2. The Morgan fingerprint density at radius 2 is 0.854 bits per heavy atom. The molecule has 6 rings (SSSR count). The number of nitrogens with two attached hydrogens (primary N) is 2. The first-order chi connectivity index (χ1) is 23.6. The minimum atomic E-state index is 0.593. The molecule has 0 saturated carbocycles. The summed E-state index contributed by atoms with van der Waals surface area (Å²) < 4.78 is 12.2. The van der Waals surface area contributed by atoms with Crippen LogP contribution in [0, 0.1) is 11.8 Å². The molecule has 2 fully saturated rings. The third kappa shape index (κ3) is 10.2. The monoisotopic (exact) mass is 646 g/mol. The van der Waals surface area contributed by atoms with Crippen LogP contribution in [-0.4, -0.2) is 49.1 Å². The van der Waals surface area contributed by atoms with Crippen LogP contribution in [0.15, 0.2) is 97.1 Å². The average molecular weight is 647 g/mol. The van der Waals surface area contributed by atoms with E-state index in [9.17, 15) is 0 Å². The van der Waals surface area contributed by atoms with Crippen LogP contribution < -0.4 is 20.9 Å². The molecule has 0 atom stereocenters. The van der Waals surface area contributed by atoms with Crippen molar-refractivity contribution in [1.82, 2.24) is 9.80 Å². The molecule has 0 unspecified atom stereocenters. The Kier molecular flexibility index (Phi) is 12.6. The van der Waals surface area contributed by atoms with E-state index in [0.29, 0.717) is 26.3 Å². The van der Waals surface area contributed by atoms with Gasteiger partial charge in [0, 0.05) is 13.1 Å². The number of likely N-dealkylation sites (tertiary alicyclic amines) is 2. The van der Waals surface area contributed by atoms with E-state index in [-0.39, 0.29) is 0 Å². The Labute approximate surface area is 288 Å². The van der Waals surface area contributed by atoms with Crippen molar-refractivity contribution in [2.75, 3.05) is 39.3 Å². The van der Waals surface area contributed by atoms with Crippen LogP contribution in [0.3, 0.4) is 0 Å². The average Bonchev–Trinajstić information content (AvgIpc) is 3.12. The largest absolute Gasteiger partial charge is 0.489 e. The fourth-order valence-electron chi connectivity index (χ4n) is 7.49. The van der Waals surface area contributed by atoms with Gasteiger partial charge in [0.05, 0.1) is 0 Å². The molecule has 4 aromatic rings. The third-order valence-electron chi connectivity index (χ3n) is 10.3. The van der Waals surface area contributed by atoms with Crippen LogP contribution in [0.2, 0.25) is 0 Å². The number of piperidine rings is 2. The molecule has 0 bridgehead atoms. The van der Waals surface area contributed by atoms with Gasteiger partial charge in [0.25, 0.3) is 0 Å². The number of hydrogen-bond donors (Lipinski definition) is 2. The standard InChI is InChI=1S/C42H54N4O2/c43-21-15-33-7-11-41(12-8-33)47-31-37-5-1-3-35(27-37)29-45-23-17-39(18-24-45)40-19-25-46(26-20-40)30-36-4-2-6-38(28-36)32-48-42-13-9-34(10-14-42)16-22-44/h1-14,27-28,39-40H,15-26,29-32,43-44H2. The van der Waals surface area contributed by atoms with Gasteiger partial charge in [-0.15, -0.1) is 0 Å². The molecule has 2 aliphatic rings. The zero-order valence-corrected chi connectivity index (χ0v) is 28.6. The van der Waals surface area contributed by atoms with Crippen molar-refractivity contribution in [3.8, 4) is 11.5 Å². The van der Waals surface area contributed by atoms with E-state index in [1.165, 1.54) is 85.2 Å². The molecule has 6 heteroatoms. The quantitative estimate of drug-likeness (QED) is 0.145. The highest BCUT2D eigenvalue weighted by molar-refractivity contribution is 5.30. The first-order valence-corrected chi connectivity index (χ1v) is 18.1. The summed E-state index contributed by atoms with van der Waals surface area (Å²) >= 11 is 0. The van der Waals surface area contributed by atoms with Crippen LogP contribution in [0.25, 0.3) is 0 Å². The number of rotatable bonds is 15. The van der Waals surface area contributed by atoms with Gasteiger partial charge in [-0.1, -0.05) is 72.8 Å². The molecule has 254 valence electrons. The van der Waals surface area contributed by atoms with Gasteiger partial charge in [-0.2, -0.15) is 0 Å². The molecular formula is C42H54N4O2. The highest BCUT2D eigenvalue weighted by Gasteiger charge is 2.29. The molecule has 4 aromatic carbocycles. The summed E-state index contributed by atoms with van der Waals surface area (Å²) in [7, 11) is 0. The van der Waals surface area contributed by atoms with Crippen molar-refractivity contribution in [3.63, 3.8) is 0 Å². The fraction of sp³-hybridized carbons (Fsp3) is 0.429. The van der Waals surface area contributed by atoms with Crippen molar-refractivity contribution >= 4 is 0 Å². The van der Waals surface area contributed by atoms with Gasteiger partial charge in [-0.25, -0.2) is 0 Å². The lowest BCUT2D eigenvalue weighted by atomic mass is 9.78. The maximum absolute atomic E-state index is 6.08. The number of nitrogens with zero attached hydrogens (tertiary/aromatic N) is 2. The molecule has 6 nitrogen and oxygen atoms in total. The van der Waals surface area contributed by atoms with Crippen LogP contribution in [0.5, 0.6) is 11.5 Å². The van der Waals surface area contributed by atoms with Gasteiger partial charge in [-0.05, 0) is 147 Å². The van der Waals surface area contributed by atoms with Crippen molar-refractivity contribution in [2.45, 2.75) is 64.8 Å². The molecule has 0 spiro atoms. The second-order valence-corrected chi connectivity index (χ2v) is 13.8. The highest BCUT2D eigenvalue weighted by atomic mass is 16.5. The predicted octanol–water partition coefficient (Wildman–Crippen LogP) is 6.97. The van der Waals surface area contributed by atoms with Crippen LogP contribution in [-0.2, 0) is 39.1 Å². The molecule has 0 aliphatic carbocycles. The van der Waals surface area contributed by atoms with E-state index in [1.54, 1.807) is 0 Å². The number of benzene rings is 4. The van der Waals surface area contributed by atoms with E-state index in [4.69, 9.17) is 20.9 Å². The lowest BCUT2D eigenvalue weighted by Crippen LogP contribution is -2.40. The Bertz CT molecular complexity index is 1410. The third-order valence-corrected chi connectivity index (χ3v) is 10.3. The van der Waals surface area contributed by atoms with Crippen molar-refractivity contribution in [2.24, 2.45) is 23.3 Å². The maximum atomic E-state index is 6.08. The molecule has 48 heavy (non-hydrogen) atoms. The van der Waals surface area contributed by atoms with Gasteiger partial charge in [-0.3, -0.25) is 9.80 Å². The van der Waals surface area contributed by atoms with E-state index in [1.807, 2.05) is 24.3 Å². The van der Waals surface area contributed by atoms with Crippen LogP contribution in [0.1, 0.15) is 59.1 Å². The van der Waals surface area contributed by atoms with Crippen molar-refractivity contribution in [1.29, 1.82) is 0 Å². The molecule has 4 N–H and O–H groups in total. The molecule has 2 heterocycles. The first-order valence-electron chi connectivity index (χ1n) is 18.1. The summed E-state index contributed by atoms with van der Waals surface area (Å²) in [5.41, 5.74) is 19.1. The summed E-state index contributed by atoms with van der Waals surface area (Å²) in [6, 6.07) is 34.5. The summed E-state index contributed by atoms with van der Waals surface area (Å²) in [6.45, 7) is 9.39. The van der Waals surface area contributed by atoms with E-state index < -0.39 is 0 Å². The lowest BCUT2D eigenvalue weighted by molar-refractivity contribution is 0.0909. The van der Waals surface area contributed by atoms with E-state index in [2.05, 4.69) is 82.6 Å². The molecule has 0 aromatic heterocycles. The zero-order valence-electron chi connectivity index (χ0n) is 28.6. The SMILES string of the molecule is NCCc1ccc(OCc2cccc(CN3CCC(C4CCN(Cc5cccc(COc6ccc(CCN)cc6)c5)CC4)CC3)c2)cc1. The van der Waals surface area contributed by atoms with E-state index >= 15 is 0 Å². The zero-order chi connectivity index (χ0) is 33.0. The molecular weight excluding hydrogens is 592 g/mol. The molecule has 2 saturated heterocycles. The topological polar surface area (TPSA) is 77.0 Å². The minimum absolute atomic E-state index is 0.593. The lowest BCUT2D eigenvalue weighted by Gasteiger charge is -2.40. The van der Waals surface area contributed by atoms with Crippen molar-refractivity contribution < 1.29 is 9.47 Å². The van der Waals surface area contributed by atoms with E-state index in [0.717, 1.165) is 49.3 Å². The summed E-state index contributed by atoms with van der Waals surface area (Å²) in [6.07, 6.45) is 7.10.